The van der Waals surface area contributed by atoms with Gasteiger partial charge in [0.05, 0.1) is 0 Å². The fourth-order valence-corrected chi connectivity index (χ4v) is 3.33. The summed E-state index contributed by atoms with van der Waals surface area (Å²) in [5.74, 6) is -0.781. The second-order valence-corrected chi connectivity index (χ2v) is 5.71. The van der Waals surface area contributed by atoms with Crippen LogP contribution in [0.1, 0.15) is 24.8 Å². The first kappa shape index (κ1) is 12.9. The van der Waals surface area contributed by atoms with Gasteiger partial charge in [0.15, 0.2) is 11.6 Å². The lowest BCUT2D eigenvalue weighted by Gasteiger charge is -2.25. The maximum Gasteiger partial charge on any atom is 0.165 e. The average molecular weight is 264 g/mol. The zero-order valence-electron chi connectivity index (χ0n) is 11.2. The third-order valence-electron chi connectivity index (χ3n) is 4.31. The topological polar surface area (TPSA) is 26.7 Å². The molecule has 0 aromatic heterocycles. The molecule has 2 heterocycles. The molecule has 2 aliphatic rings. The summed E-state index contributed by atoms with van der Waals surface area (Å²) in [5.41, 5.74) is 0.946. The monoisotopic (exact) mass is 264 g/mol. The minimum Gasteiger partial charge on any atom is -0.505 e. The zero-order chi connectivity index (χ0) is 13.2. The van der Waals surface area contributed by atoms with Crippen LogP contribution in [0.15, 0.2) is 18.2 Å². The summed E-state index contributed by atoms with van der Waals surface area (Å²) in [6, 6.07) is 5.40. The van der Waals surface area contributed by atoms with Crippen molar-refractivity contribution >= 4 is 0 Å². The maximum atomic E-state index is 13.4. The van der Waals surface area contributed by atoms with E-state index < -0.39 is 5.82 Å². The van der Waals surface area contributed by atoms with Crippen LogP contribution in [0, 0.1) is 5.82 Å². The zero-order valence-corrected chi connectivity index (χ0v) is 11.2. The summed E-state index contributed by atoms with van der Waals surface area (Å²) in [6.07, 6.45) is 3.80. The van der Waals surface area contributed by atoms with Gasteiger partial charge in [-0.3, -0.25) is 9.80 Å². The van der Waals surface area contributed by atoms with Gasteiger partial charge in [0.2, 0.25) is 0 Å². The molecule has 1 N–H and O–H groups in total. The highest BCUT2D eigenvalue weighted by atomic mass is 19.1. The predicted octanol–water partition coefficient (Wildman–Crippen LogP) is 2.20. The second-order valence-electron chi connectivity index (χ2n) is 5.71. The molecule has 0 spiro atoms. The van der Waals surface area contributed by atoms with Crippen LogP contribution in [0.2, 0.25) is 0 Å². The van der Waals surface area contributed by atoms with Gasteiger partial charge in [0.25, 0.3) is 0 Å². The molecule has 2 aliphatic heterocycles. The molecular formula is C15H21FN2O. The maximum absolute atomic E-state index is 13.4. The Bertz CT molecular complexity index is 452. The van der Waals surface area contributed by atoms with Gasteiger partial charge in [0, 0.05) is 19.1 Å². The highest BCUT2D eigenvalue weighted by molar-refractivity contribution is 5.28. The van der Waals surface area contributed by atoms with Gasteiger partial charge in [0.1, 0.15) is 0 Å². The van der Waals surface area contributed by atoms with E-state index in [2.05, 4.69) is 9.80 Å². The number of fused-ring (bicyclic) bond motifs is 1. The summed E-state index contributed by atoms with van der Waals surface area (Å²) in [4.78, 5) is 5.01. The third kappa shape index (κ3) is 2.90. The van der Waals surface area contributed by atoms with Gasteiger partial charge in [-0.05, 0) is 56.6 Å². The van der Waals surface area contributed by atoms with E-state index in [1.807, 2.05) is 6.07 Å². The predicted molar refractivity (Wildman–Crippen MR) is 72.6 cm³/mol. The Morgan fingerprint density at radius 2 is 2.05 bits per heavy atom. The molecular weight excluding hydrogens is 243 g/mol. The normalized spacial score (nSPS) is 25.2. The lowest BCUT2D eigenvalue weighted by Crippen LogP contribution is -2.36. The van der Waals surface area contributed by atoms with Crippen molar-refractivity contribution in [2.45, 2.75) is 31.8 Å². The van der Waals surface area contributed by atoms with Crippen LogP contribution in [0.3, 0.4) is 0 Å². The van der Waals surface area contributed by atoms with Gasteiger partial charge in [-0.15, -0.1) is 0 Å². The van der Waals surface area contributed by atoms with Gasteiger partial charge in [-0.25, -0.2) is 4.39 Å². The molecule has 1 aromatic carbocycles. The van der Waals surface area contributed by atoms with E-state index in [0.717, 1.165) is 25.2 Å². The highest BCUT2D eigenvalue weighted by Gasteiger charge is 2.28. The van der Waals surface area contributed by atoms with E-state index in [9.17, 15) is 9.50 Å². The summed E-state index contributed by atoms with van der Waals surface area (Å²) >= 11 is 0. The van der Waals surface area contributed by atoms with Gasteiger partial charge >= 0.3 is 0 Å². The molecule has 104 valence electrons. The molecule has 3 rings (SSSR count). The number of benzene rings is 1. The van der Waals surface area contributed by atoms with Crippen LogP contribution in [-0.2, 0) is 6.54 Å². The van der Waals surface area contributed by atoms with Crippen LogP contribution < -0.4 is 0 Å². The Balaban J connectivity index is 1.66. The fourth-order valence-electron chi connectivity index (χ4n) is 3.33. The first-order valence-electron chi connectivity index (χ1n) is 7.16. The second kappa shape index (κ2) is 5.47. The van der Waals surface area contributed by atoms with E-state index in [1.165, 1.54) is 44.5 Å². The molecule has 0 aliphatic carbocycles. The molecule has 2 fully saturated rings. The van der Waals surface area contributed by atoms with Crippen molar-refractivity contribution in [3.8, 4) is 5.75 Å². The van der Waals surface area contributed by atoms with Crippen molar-refractivity contribution in [1.82, 2.24) is 9.80 Å². The molecule has 4 heteroatoms. The Kier molecular flexibility index (Phi) is 3.71. The minimum atomic E-state index is -0.519. The lowest BCUT2D eigenvalue weighted by atomic mass is 10.1. The number of hydrogen-bond donors (Lipinski definition) is 1. The molecule has 0 amide bonds. The SMILES string of the molecule is Oc1ccc(CN2CCCN3CCCC3C2)cc1F. The Hall–Kier alpha value is -1.13. The largest absolute Gasteiger partial charge is 0.505 e. The van der Waals surface area contributed by atoms with Crippen molar-refractivity contribution in [2.75, 3.05) is 26.2 Å². The van der Waals surface area contributed by atoms with Crippen LogP contribution in [-0.4, -0.2) is 47.1 Å². The van der Waals surface area contributed by atoms with Crippen molar-refractivity contribution in [1.29, 1.82) is 0 Å². The van der Waals surface area contributed by atoms with Crippen LogP contribution >= 0.6 is 0 Å². The number of nitrogens with zero attached hydrogens (tertiary/aromatic N) is 2. The van der Waals surface area contributed by atoms with E-state index in [0.29, 0.717) is 6.04 Å². The first-order chi connectivity index (χ1) is 9.22. The minimum absolute atomic E-state index is 0.262. The summed E-state index contributed by atoms with van der Waals surface area (Å²) in [5, 5.41) is 9.22. The Labute approximate surface area is 113 Å². The van der Waals surface area contributed by atoms with Gasteiger partial charge < -0.3 is 5.11 Å². The molecule has 19 heavy (non-hydrogen) atoms. The average Bonchev–Trinajstić information content (AvgIpc) is 2.73. The van der Waals surface area contributed by atoms with Crippen LogP contribution in [0.4, 0.5) is 4.39 Å². The van der Waals surface area contributed by atoms with E-state index in [4.69, 9.17) is 0 Å². The third-order valence-corrected chi connectivity index (χ3v) is 4.31. The fraction of sp³-hybridized carbons (Fsp3) is 0.600. The molecule has 1 aromatic rings. The quantitative estimate of drug-likeness (QED) is 0.887. The number of aromatic hydroxyl groups is 1. The van der Waals surface area contributed by atoms with Crippen LogP contribution in [0.25, 0.3) is 0 Å². The molecule has 1 unspecified atom stereocenters. The van der Waals surface area contributed by atoms with Crippen molar-refractivity contribution in [3.05, 3.63) is 29.6 Å². The number of rotatable bonds is 2. The number of hydrogen-bond acceptors (Lipinski definition) is 3. The molecule has 0 bridgehead atoms. The van der Waals surface area contributed by atoms with Gasteiger partial charge in [-0.2, -0.15) is 0 Å². The summed E-state index contributed by atoms with van der Waals surface area (Å²) in [7, 11) is 0. The standard InChI is InChI=1S/C15H21FN2O/c16-14-9-12(4-5-15(14)19)10-17-6-2-8-18-7-1-3-13(18)11-17/h4-5,9,13,19H,1-3,6-8,10-11H2. The van der Waals surface area contributed by atoms with Crippen molar-refractivity contribution < 1.29 is 9.50 Å². The summed E-state index contributed by atoms with van der Waals surface area (Å²) in [6.45, 7) is 5.39. The Morgan fingerprint density at radius 3 is 2.89 bits per heavy atom. The molecule has 1 atom stereocenters. The van der Waals surface area contributed by atoms with Crippen LogP contribution in [0.5, 0.6) is 5.75 Å². The Morgan fingerprint density at radius 1 is 1.21 bits per heavy atom. The number of phenolic OH excluding ortho intramolecular Hbond substituents is 1. The summed E-state index contributed by atoms with van der Waals surface area (Å²) < 4.78 is 13.4. The first-order valence-corrected chi connectivity index (χ1v) is 7.16. The molecule has 0 radical (unpaired) electrons. The van der Waals surface area contributed by atoms with E-state index >= 15 is 0 Å². The molecule has 0 saturated carbocycles. The van der Waals surface area contributed by atoms with Gasteiger partial charge in [-0.1, -0.05) is 6.07 Å². The lowest BCUT2D eigenvalue weighted by molar-refractivity contribution is 0.215. The number of halogens is 1. The van der Waals surface area contributed by atoms with Crippen molar-refractivity contribution in [2.24, 2.45) is 0 Å². The molecule has 2 saturated heterocycles. The van der Waals surface area contributed by atoms with Crippen molar-refractivity contribution in [3.63, 3.8) is 0 Å². The highest BCUT2D eigenvalue weighted by Crippen LogP contribution is 2.23. The number of phenols is 1. The smallest absolute Gasteiger partial charge is 0.165 e. The van der Waals surface area contributed by atoms with E-state index in [-0.39, 0.29) is 5.75 Å². The molecule has 3 nitrogen and oxygen atoms in total. The van der Waals surface area contributed by atoms with E-state index in [1.54, 1.807) is 0 Å².